The van der Waals surface area contributed by atoms with E-state index in [0.29, 0.717) is 35.1 Å². The zero-order valence-corrected chi connectivity index (χ0v) is 42.4. The van der Waals surface area contributed by atoms with E-state index in [9.17, 15) is 9.59 Å². The quantitative estimate of drug-likeness (QED) is 0.0227. The second kappa shape index (κ2) is 25.7. The number of benzene rings is 2. The number of ether oxygens (including phenoxy) is 4. The van der Waals surface area contributed by atoms with Crippen molar-refractivity contribution in [2.45, 2.75) is 116 Å². The Kier molecular flexibility index (Phi) is 18.9. The standard InChI is InChI=1S/C27H35FN7O4P.C22H22FN7O4/c1-7-20-23(39-40(37-14-13-29-6)35(17(2)3)18(4)5)21(28)27(38-20)34-16-32-22-24(30-15-31-25(22)34)33-26(36)19-11-9-8-10-12-19;1-3-14-17(34-22(24)32-10-9-25-2)15(23)21(33-14)30-12-28-16-18(26-11-27-19(16)30)29-20(31)13-7-5-4-6-8-13/h8-12,15-18,20-21,23,27H,7,13-14H2,1-5H3,(H,30,31,33,36);4-8,11-12,14-15,17,21,24H,3,9-10H2,1H3,(H,26,27,29,31)/t20-,21-,23-,27?,40?;14-,15-,17-,21?/m11/s1. The second-order valence-corrected chi connectivity index (χ2v) is 18.7. The van der Waals surface area contributed by atoms with Crippen LogP contribution in [0.3, 0.4) is 0 Å². The molecule has 0 spiro atoms. The predicted octanol–water partition coefficient (Wildman–Crippen LogP) is 8.37. The minimum absolute atomic E-state index is 0.0202. The normalized spacial score (nSPS) is 21.7. The number of nitrogens with one attached hydrogen (secondary N) is 3. The van der Waals surface area contributed by atoms with Crippen molar-refractivity contribution in [3.63, 3.8) is 0 Å². The Morgan fingerprint density at radius 2 is 1.19 bits per heavy atom. The first-order valence-corrected chi connectivity index (χ1v) is 25.0. The zero-order chi connectivity index (χ0) is 52.9. The summed E-state index contributed by atoms with van der Waals surface area (Å²) in [6, 6.07) is 17.5. The van der Waals surface area contributed by atoms with Crippen LogP contribution in [0.5, 0.6) is 0 Å². The number of fused-ring (bicyclic) bond motifs is 2. The van der Waals surface area contributed by atoms with Gasteiger partial charge in [-0.05, 0) is 64.8 Å². The van der Waals surface area contributed by atoms with Crippen molar-refractivity contribution in [3.05, 3.63) is 120 Å². The topological polar surface area (TPSA) is 237 Å². The number of imidazole rings is 2. The third-order valence-corrected chi connectivity index (χ3v) is 13.8. The van der Waals surface area contributed by atoms with E-state index in [1.807, 2.05) is 47.6 Å². The van der Waals surface area contributed by atoms with Gasteiger partial charge in [0.2, 0.25) is 13.1 Å². The van der Waals surface area contributed by atoms with Gasteiger partial charge < -0.3 is 48.3 Å². The molecule has 4 aromatic heterocycles. The van der Waals surface area contributed by atoms with Crippen molar-refractivity contribution in [2.75, 3.05) is 36.9 Å². The molecule has 8 rings (SSSR count). The van der Waals surface area contributed by atoms with Gasteiger partial charge in [0.1, 0.15) is 31.5 Å². The number of hydrogen-bond donors (Lipinski definition) is 3. The first-order valence-electron chi connectivity index (χ1n) is 23.9. The predicted molar refractivity (Wildman–Crippen MR) is 269 cm³/mol. The highest BCUT2D eigenvalue weighted by molar-refractivity contribution is 7.44. The van der Waals surface area contributed by atoms with Crippen LogP contribution in [0.25, 0.3) is 32.0 Å². The smallest absolute Gasteiger partial charge is 0.381 e. The van der Waals surface area contributed by atoms with Crippen LogP contribution in [0.15, 0.2) is 86.0 Å². The molecule has 9 atom stereocenters. The highest BCUT2D eigenvalue weighted by atomic mass is 31.2. The Labute approximate surface area is 427 Å². The van der Waals surface area contributed by atoms with Crippen LogP contribution in [-0.2, 0) is 28.0 Å². The number of hydrogen-bond acceptors (Lipinski definition) is 16. The largest absolute Gasteiger partial charge is 0.443 e. The highest BCUT2D eigenvalue weighted by Gasteiger charge is 2.50. The summed E-state index contributed by atoms with van der Waals surface area (Å²) < 4.78 is 71.5. The van der Waals surface area contributed by atoms with E-state index >= 15 is 8.78 Å². The number of halogens is 2. The summed E-state index contributed by atoms with van der Waals surface area (Å²) in [7, 11) is -1.66. The Hall–Kier alpha value is -7.18. The van der Waals surface area contributed by atoms with Gasteiger partial charge in [-0.25, -0.2) is 61.9 Å². The molecule has 390 valence electrons. The SMILES string of the molecule is [C-]#[N+]CCOC(=N)O[C@@H]1[C@@H](CC)OC(n2cnc3c(NC(=O)c4ccccc4)ncnc32)[C@@H]1F.[C-]#[N+]CCOP(O[C@@H]1[C@@H](CC)OC(n2cnc3c(NC(=O)c4ccccc4)ncnc32)[C@@H]1F)N(C(C)C)C(C)C. The minimum Gasteiger partial charge on any atom is -0.443 e. The van der Waals surface area contributed by atoms with Gasteiger partial charge in [0.05, 0.1) is 18.8 Å². The summed E-state index contributed by atoms with van der Waals surface area (Å²) in [6.07, 6.45) is -2.89. The fourth-order valence-corrected chi connectivity index (χ4v) is 10.0. The van der Waals surface area contributed by atoms with E-state index in [4.69, 9.17) is 46.5 Å². The summed E-state index contributed by atoms with van der Waals surface area (Å²) in [5.74, 6) is -0.318. The number of aromatic nitrogens is 8. The fraction of sp³-hybridized carbons (Fsp3) is 0.449. The molecule has 25 heteroatoms. The van der Waals surface area contributed by atoms with Crippen molar-refractivity contribution >= 4 is 60.4 Å². The maximum absolute atomic E-state index is 16.2. The molecular weight excluding hydrogens is 982 g/mol. The molecule has 0 aliphatic carbocycles. The zero-order valence-electron chi connectivity index (χ0n) is 41.5. The van der Waals surface area contributed by atoms with E-state index < -0.39 is 63.8 Å². The van der Waals surface area contributed by atoms with Gasteiger partial charge in [0, 0.05) is 23.2 Å². The Morgan fingerprint density at radius 3 is 1.65 bits per heavy atom. The molecule has 0 saturated carbocycles. The molecule has 2 aliphatic heterocycles. The third-order valence-electron chi connectivity index (χ3n) is 11.7. The van der Waals surface area contributed by atoms with Crippen LogP contribution in [0.4, 0.5) is 20.4 Å². The first kappa shape index (κ1) is 54.6. The van der Waals surface area contributed by atoms with E-state index in [2.05, 4.69) is 54.9 Å². The van der Waals surface area contributed by atoms with Crippen LogP contribution in [0.1, 0.15) is 87.6 Å². The van der Waals surface area contributed by atoms with Gasteiger partial charge in [0.15, 0.2) is 71.5 Å². The summed E-state index contributed by atoms with van der Waals surface area (Å²) in [4.78, 5) is 57.2. The van der Waals surface area contributed by atoms with Crippen LogP contribution in [-0.4, -0.2) is 137 Å². The van der Waals surface area contributed by atoms with Crippen molar-refractivity contribution in [1.82, 2.24) is 43.7 Å². The average molecular weight is 1040 g/mol. The third kappa shape index (κ3) is 12.6. The van der Waals surface area contributed by atoms with Gasteiger partial charge in [-0.1, -0.05) is 50.2 Å². The van der Waals surface area contributed by atoms with E-state index in [-0.39, 0.29) is 73.0 Å². The molecule has 2 amide bonds. The maximum atomic E-state index is 16.2. The van der Waals surface area contributed by atoms with Gasteiger partial charge in [-0.3, -0.25) is 18.7 Å². The number of carbonyl (C=O) groups is 2. The summed E-state index contributed by atoms with van der Waals surface area (Å²) in [5.41, 5.74) is 2.09. The lowest BCUT2D eigenvalue weighted by Crippen LogP contribution is -2.38. The maximum Gasteiger partial charge on any atom is 0.381 e. The molecule has 3 N–H and O–H groups in total. The number of nitrogens with zero attached hydrogens (tertiary/aromatic N) is 11. The molecule has 6 aromatic rings. The van der Waals surface area contributed by atoms with Crippen molar-refractivity contribution in [3.8, 4) is 0 Å². The van der Waals surface area contributed by atoms with Crippen molar-refractivity contribution < 1.29 is 46.4 Å². The van der Waals surface area contributed by atoms with Crippen LogP contribution < -0.4 is 10.6 Å². The second-order valence-electron chi connectivity index (χ2n) is 17.3. The Balaban J connectivity index is 0.000000219. The van der Waals surface area contributed by atoms with Crippen molar-refractivity contribution in [1.29, 1.82) is 5.41 Å². The number of carbonyl (C=O) groups excluding carboxylic acids is 2. The van der Waals surface area contributed by atoms with Gasteiger partial charge in [0.25, 0.3) is 20.3 Å². The molecule has 2 saturated heterocycles. The molecule has 2 aromatic carbocycles. The monoisotopic (exact) mass is 1040 g/mol. The molecular formula is C49H57F2N14O8P. The molecule has 2 fully saturated rings. The molecule has 6 heterocycles. The summed E-state index contributed by atoms with van der Waals surface area (Å²) >= 11 is 0. The fourth-order valence-electron chi connectivity index (χ4n) is 8.29. The number of rotatable bonds is 19. The Morgan fingerprint density at radius 1 is 0.730 bits per heavy atom. The lowest BCUT2D eigenvalue weighted by Gasteiger charge is -2.37. The average Bonchev–Trinajstić information content (AvgIpc) is 4.18. The number of alkyl halides is 2. The lowest BCUT2D eigenvalue weighted by atomic mass is 10.1. The molecule has 22 nitrogen and oxygen atoms in total. The van der Waals surface area contributed by atoms with Gasteiger partial charge in [-0.2, -0.15) is 0 Å². The van der Waals surface area contributed by atoms with Gasteiger partial charge >= 0.3 is 6.08 Å². The molecule has 0 bridgehead atoms. The van der Waals surface area contributed by atoms with E-state index in [0.717, 1.165) is 0 Å². The summed E-state index contributed by atoms with van der Waals surface area (Å²) in [5, 5.41) is 13.2. The van der Waals surface area contributed by atoms with Crippen molar-refractivity contribution in [2.24, 2.45) is 0 Å². The number of amides is 2. The molecule has 2 aliphatic rings. The van der Waals surface area contributed by atoms with Crippen LogP contribution in [0, 0.1) is 18.6 Å². The highest BCUT2D eigenvalue weighted by Crippen LogP contribution is 2.51. The molecule has 74 heavy (non-hydrogen) atoms. The van der Waals surface area contributed by atoms with Crippen LogP contribution >= 0.6 is 8.53 Å². The van der Waals surface area contributed by atoms with Crippen LogP contribution in [0.2, 0.25) is 0 Å². The minimum atomic E-state index is -1.66. The van der Waals surface area contributed by atoms with E-state index in [1.165, 1.54) is 34.4 Å². The van der Waals surface area contributed by atoms with E-state index in [1.54, 1.807) is 54.6 Å². The summed E-state index contributed by atoms with van der Waals surface area (Å²) in [6.45, 7) is 26.1. The first-order chi connectivity index (χ1) is 35.8. The Bertz CT molecular complexity index is 2920. The molecule has 3 unspecified atom stereocenters. The van der Waals surface area contributed by atoms with Gasteiger partial charge in [-0.15, -0.1) is 0 Å². The molecule has 0 radical (unpaired) electrons. The number of anilines is 2. The lowest BCUT2D eigenvalue weighted by molar-refractivity contribution is -0.0253.